The lowest BCUT2D eigenvalue weighted by Gasteiger charge is -2.01. The number of nitrogens with zero attached hydrogens (tertiary/aromatic N) is 1. The molecule has 0 aliphatic carbocycles. The maximum absolute atomic E-state index is 10.6. The van der Waals surface area contributed by atoms with Crippen molar-refractivity contribution in [2.75, 3.05) is 12.3 Å². The van der Waals surface area contributed by atoms with Crippen molar-refractivity contribution in [3.63, 3.8) is 0 Å². The van der Waals surface area contributed by atoms with Crippen molar-refractivity contribution in [2.45, 2.75) is 6.42 Å². The van der Waals surface area contributed by atoms with Gasteiger partial charge in [0.05, 0.1) is 19.2 Å². The van der Waals surface area contributed by atoms with E-state index in [4.69, 9.17) is 0 Å². The minimum Gasteiger partial charge on any atom is -0.616 e. The summed E-state index contributed by atoms with van der Waals surface area (Å²) in [5.41, 5.74) is 0. The van der Waals surface area contributed by atoms with Crippen LogP contribution in [0.2, 0.25) is 0 Å². The maximum atomic E-state index is 10.6. The molecule has 2 nitrogen and oxygen atoms in total. The maximum Gasteiger partial charge on any atom is 0.242 e. The van der Waals surface area contributed by atoms with E-state index in [-0.39, 0.29) is 0 Å². The zero-order valence-electron chi connectivity index (χ0n) is 4.39. The number of hydrogen-bond acceptors (Lipinski definition) is 2. The summed E-state index contributed by atoms with van der Waals surface area (Å²) in [5.74, 6) is 3.33. The van der Waals surface area contributed by atoms with Gasteiger partial charge in [-0.25, -0.2) is 0 Å². The molecule has 0 aromatic rings. The lowest BCUT2D eigenvalue weighted by Crippen LogP contribution is -2.06. The highest BCUT2D eigenvalue weighted by Gasteiger charge is 2.09. The molecule has 1 rings (SSSR count). The first-order valence-electron chi connectivity index (χ1n) is 2.41. The van der Waals surface area contributed by atoms with E-state index in [1.807, 2.05) is 0 Å². The van der Waals surface area contributed by atoms with E-state index in [1.54, 1.807) is 0 Å². The normalized spacial score (nSPS) is 29.9. The topological polar surface area (TPSA) is 35.4 Å². The molecule has 8 heavy (non-hydrogen) atoms. The third-order valence-electron chi connectivity index (χ3n) is 0.813. The van der Waals surface area contributed by atoms with Gasteiger partial charge in [0.25, 0.3) is 0 Å². The van der Waals surface area contributed by atoms with Crippen molar-refractivity contribution < 1.29 is 4.55 Å². The molecule has 0 amide bonds. The number of hydrogen-bond donors (Lipinski definition) is 0. The van der Waals surface area contributed by atoms with Gasteiger partial charge in [-0.15, -0.1) is 0 Å². The molecule has 0 N–H and O–H groups in total. The molecule has 0 bridgehead atoms. The van der Waals surface area contributed by atoms with Crippen LogP contribution in [0.25, 0.3) is 0 Å². The summed E-state index contributed by atoms with van der Waals surface area (Å²) < 4.78 is 10.6. The molecule has 0 saturated heterocycles. The average molecular weight is 128 g/mol. The van der Waals surface area contributed by atoms with E-state index in [2.05, 4.69) is 17.0 Å². The fraction of sp³-hybridized carbons (Fsp3) is 0.600. The predicted octanol–water partition coefficient (Wildman–Crippen LogP) is 0.125. The van der Waals surface area contributed by atoms with Crippen LogP contribution in [-0.2, 0) is 11.2 Å². The van der Waals surface area contributed by atoms with Gasteiger partial charge in [-0.05, 0) is 11.2 Å². The van der Waals surface area contributed by atoms with Gasteiger partial charge in [-0.1, -0.05) is 0 Å². The predicted molar refractivity (Wildman–Crippen MR) is 33.2 cm³/mol. The minimum atomic E-state index is -0.864. The summed E-state index contributed by atoms with van der Waals surface area (Å²) in [5, 5.41) is 0. The molecular weight excluding hydrogens is 122 g/mol. The van der Waals surface area contributed by atoms with Gasteiger partial charge in [0.15, 0.2) is 0 Å². The molecule has 43 valence electrons. The second-order valence-corrected chi connectivity index (χ2v) is 2.80. The van der Waals surface area contributed by atoms with Crippen molar-refractivity contribution in [2.24, 2.45) is 4.99 Å². The average Bonchev–Trinajstić information content (AvgIpc) is 1.94. The summed E-state index contributed by atoms with van der Waals surface area (Å²) in [6.45, 7) is 0.639. The molecule has 1 aliphatic heterocycles. The first kappa shape index (κ1) is 6.11. The molecule has 0 saturated carbocycles. The Morgan fingerprint density at radius 3 is 3.38 bits per heavy atom. The van der Waals surface area contributed by atoms with E-state index in [1.165, 1.54) is 0 Å². The van der Waals surface area contributed by atoms with Crippen LogP contribution >= 0.6 is 0 Å². The van der Waals surface area contributed by atoms with E-state index >= 15 is 0 Å². The Bertz CT molecular complexity index is 84.4. The van der Waals surface area contributed by atoms with Crippen LogP contribution in [0.5, 0.6) is 0 Å². The van der Waals surface area contributed by atoms with Crippen molar-refractivity contribution >= 4 is 17.4 Å². The highest BCUT2D eigenvalue weighted by molar-refractivity contribution is 7.93. The van der Waals surface area contributed by atoms with E-state index in [0.29, 0.717) is 18.7 Å². The summed E-state index contributed by atoms with van der Waals surface area (Å²) in [6.07, 6.45) is 3.22. The second-order valence-electron chi connectivity index (χ2n) is 1.41. The Morgan fingerprint density at radius 1 is 1.62 bits per heavy atom. The van der Waals surface area contributed by atoms with Gasteiger partial charge in [0, 0.05) is 0 Å². The third-order valence-corrected chi connectivity index (χ3v) is 1.83. The standard InChI is InChI=1S/C5H6NOS/c7-8-4-1-2-6-3-5-8/h1,3,5H2. The molecule has 0 aromatic carbocycles. The number of rotatable bonds is 0. The lowest BCUT2D eigenvalue weighted by atomic mass is 10.5. The molecule has 1 unspecified atom stereocenters. The summed E-state index contributed by atoms with van der Waals surface area (Å²) in [4.78, 5) is 3.82. The largest absolute Gasteiger partial charge is 0.616 e. The molecule has 1 heterocycles. The Labute approximate surface area is 52.2 Å². The van der Waals surface area contributed by atoms with Crippen LogP contribution in [0.1, 0.15) is 6.42 Å². The zero-order chi connectivity index (χ0) is 5.82. The highest BCUT2D eigenvalue weighted by atomic mass is 32.2. The molecular formula is C5H6NOS. The summed E-state index contributed by atoms with van der Waals surface area (Å²) in [7, 11) is 0. The minimum absolute atomic E-state index is 0.520. The molecule has 0 fully saturated rings. The van der Waals surface area contributed by atoms with E-state index < -0.39 is 11.2 Å². The van der Waals surface area contributed by atoms with Crippen molar-refractivity contribution in [1.82, 2.24) is 0 Å². The Kier molecular flexibility index (Phi) is 2.36. The monoisotopic (exact) mass is 128 g/mol. The molecule has 0 aromatic heterocycles. The van der Waals surface area contributed by atoms with E-state index in [0.717, 1.165) is 0 Å². The molecule has 1 atom stereocenters. The first-order chi connectivity index (χ1) is 3.89. The number of aliphatic imine (C=N–C) groups is 1. The first-order valence-corrected chi connectivity index (χ1v) is 3.73. The second kappa shape index (κ2) is 3.10. The molecule has 1 aliphatic rings. The highest BCUT2D eigenvalue weighted by Crippen LogP contribution is 2.01. The molecule has 3 radical (unpaired) electrons. The van der Waals surface area contributed by atoms with Gasteiger partial charge < -0.3 is 4.55 Å². The molecule has 3 heteroatoms. The molecule has 0 spiro atoms. The van der Waals surface area contributed by atoms with Crippen LogP contribution in [0.3, 0.4) is 0 Å². The Balaban J connectivity index is 2.28. The van der Waals surface area contributed by atoms with Crippen LogP contribution in [-0.4, -0.2) is 23.1 Å². The summed E-state index contributed by atoms with van der Waals surface area (Å²) >= 11 is -0.864. The zero-order valence-corrected chi connectivity index (χ0v) is 5.20. The van der Waals surface area contributed by atoms with Crippen molar-refractivity contribution in [1.29, 1.82) is 0 Å². The van der Waals surface area contributed by atoms with Gasteiger partial charge in [-0.2, -0.15) is 0 Å². The van der Waals surface area contributed by atoms with Crippen molar-refractivity contribution in [3.8, 4) is 0 Å². The smallest absolute Gasteiger partial charge is 0.242 e. The van der Waals surface area contributed by atoms with Crippen LogP contribution in [0.4, 0.5) is 0 Å². The van der Waals surface area contributed by atoms with Gasteiger partial charge in [0.1, 0.15) is 5.75 Å². The van der Waals surface area contributed by atoms with Crippen LogP contribution < -0.4 is 0 Å². The van der Waals surface area contributed by atoms with Gasteiger partial charge in [0.2, 0.25) is 5.75 Å². The fourth-order valence-electron chi connectivity index (χ4n) is 0.448. The van der Waals surface area contributed by atoms with E-state index in [9.17, 15) is 4.55 Å². The van der Waals surface area contributed by atoms with Crippen molar-refractivity contribution in [3.05, 3.63) is 5.75 Å². The quantitative estimate of drug-likeness (QED) is 0.427. The van der Waals surface area contributed by atoms with Crippen LogP contribution in [0.15, 0.2) is 4.99 Å². The van der Waals surface area contributed by atoms with Gasteiger partial charge >= 0.3 is 0 Å². The lowest BCUT2D eigenvalue weighted by molar-refractivity contribution is 0.600. The Hall–Kier alpha value is -0.0200. The SMILES string of the molecule is [O-][S+]1[C]C[C]=NCC1. The van der Waals surface area contributed by atoms with Gasteiger partial charge in [-0.3, -0.25) is 4.99 Å². The fourth-order valence-corrected chi connectivity index (χ4v) is 1.08. The van der Waals surface area contributed by atoms with Crippen LogP contribution in [0, 0.1) is 5.75 Å². The summed E-state index contributed by atoms with van der Waals surface area (Å²) in [6, 6.07) is 0. The Morgan fingerprint density at radius 2 is 2.50 bits per heavy atom. The third kappa shape index (κ3) is 1.84.